The molecule has 0 radical (unpaired) electrons. The molecule has 0 unspecified atom stereocenters. The zero-order chi connectivity index (χ0) is 9.30. The van der Waals surface area contributed by atoms with Gasteiger partial charge in [0, 0.05) is 0 Å². The van der Waals surface area contributed by atoms with E-state index in [1.807, 2.05) is 0 Å². The second-order valence-corrected chi connectivity index (χ2v) is 4.69. The van der Waals surface area contributed by atoms with Crippen LogP contribution in [-0.4, -0.2) is 0 Å². The smallest absolute Gasteiger partial charge is 0.0894 e. The molecule has 0 aliphatic heterocycles. The zero-order valence-corrected chi connectivity index (χ0v) is 9.03. The van der Waals surface area contributed by atoms with Crippen molar-refractivity contribution in [1.29, 1.82) is 0 Å². The van der Waals surface area contributed by atoms with Crippen molar-refractivity contribution in [2.75, 3.05) is 5.73 Å². The summed E-state index contributed by atoms with van der Waals surface area (Å²) in [5.74, 6) is 1.14. The molecule has 0 aromatic carbocycles. The Morgan fingerprint density at radius 3 is 2.08 bits per heavy atom. The number of hydrogen-bond acceptors (Lipinski definition) is 2. The third-order valence-corrected chi connectivity index (χ3v) is 2.93. The molecule has 2 N–H and O–H groups in total. The van der Waals surface area contributed by atoms with Crippen LogP contribution in [0.4, 0.5) is 5.00 Å². The fourth-order valence-corrected chi connectivity index (χ4v) is 2.59. The van der Waals surface area contributed by atoms with Crippen molar-refractivity contribution >= 4 is 16.3 Å². The lowest BCUT2D eigenvalue weighted by Crippen LogP contribution is -1.97. The van der Waals surface area contributed by atoms with Crippen LogP contribution in [0.3, 0.4) is 0 Å². The largest absolute Gasteiger partial charge is 0.390 e. The zero-order valence-electron chi connectivity index (χ0n) is 8.22. The molecule has 0 aliphatic rings. The summed E-state index contributed by atoms with van der Waals surface area (Å²) in [4.78, 5) is 0. The molecule has 1 nitrogen and oxygen atoms in total. The summed E-state index contributed by atoms with van der Waals surface area (Å²) < 4.78 is 0. The summed E-state index contributed by atoms with van der Waals surface area (Å²) in [5, 5.41) is 3.18. The summed E-state index contributed by atoms with van der Waals surface area (Å²) in [6.07, 6.45) is 0. The molecule has 0 saturated heterocycles. The Morgan fingerprint density at radius 1 is 1.17 bits per heavy atom. The van der Waals surface area contributed by atoms with Gasteiger partial charge in [-0.2, -0.15) is 0 Å². The van der Waals surface area contributed by atoms with Crippen LogP contribution in [0.2, 0.25) is 0 Å². The lowest BCUT2D eigenvalue weighted by atomic mass is 9.94. The lowest BCUT2D eigenvalue weighted by molar-refractivity contribution is 0.800. The van der Waals surface area contributed by atoms with Crippen LogP contribution in [0, 0.1) is 0 Å². The van der Waals surface area contributed by atoms with Gasteiger partial charge in [-0.05, 0) is 28.3 Å². The maximum absolute atomic E-state index is 5.90. The molecule has 1 heterocycles. The van der Waals surface area contributed by atoms with Crippen LogP contribution in [0.25, 0.3) is 0 Å². The first-order valence-electron chi connectivity index (χ1n) is 4.40. The fourth-order valence-electron chi connectivity index (χ4n) is 1.46. The fraction of sp³-hybridized carbons (Fsp3) is 0.600. The standard InChI is InChI=1S/C10H17NS/c1-6(2)8-5-12-10(11)9(8)7(3)4/h5-7H,11H2,1-4H3. The van der Waals surface area contributed by atoms with E-state index in [-0.39, 0.29) is 0 Å². The number of nitrogens with two attached hydrogens (primary N) is 1. The quantitative estimate of drug-likeness (QED) is 0.745. The van der Waals surface area contributed by atoms with Gasteiger partial charge in [0.2, 0.25) is 0 Å². The van der Waals surface area contributed by atoms with Crippen molar-refractivity contribution in [2.24, 2.45) is 0 Å². The van der Waals surface area contributed by atoms with E-state index in [0.29, 0.717) is 11.8 Å². The van der Waals surface area contributed by atoms with E-state index in [0.717, 1.165) is 5.00 Å². The molecule has 0 atom stereocenters. The highest BCUT2D eigenvalue weighted by molar-refractivity contribution is 7.14. The summed E-state index contributed by atoms with van der Waals surface area (Å²) >= 11 is 1.67. The lowest BCUT2D eigenvalue weighted by Gasteiger charge is -2.11. The molecule has 0 amide bonds. The summed E-state index contributed by atoms with van der Waals surface area (Å²) in [7, 11) is 0. The van der Waals surface area contributed by atoms with Gasteiger partial charge in [0.15, 0.2) is 0 Å². The first kappa shape index (κ1) is 9.59. The predicted molar refractivity (Wildman–Crippen MR) is 56.9 cm³/mol. The SMILES string of the molecule is CC(C)c1csc(N)c1C(C)C. The molecule has 0 spiro atoms. The molecule has 0 aliphatic carbocycles. The molecule has 1 aromatic heterocycles. The Morgan fingerprint density at radius 2 is 1.75 bits per heavy atom. The van der Waals surface area contributed by atoms with Crippen molar-refractivity contribution in [3.8, 4) is 0 Å². The highest BCUT2D eigenvalue weighted by Gasteiger charge is 2.14. The first-order chi connectivity index (χ1) is 5.54. The van der Waals surface area contributed by atoms with E-state index in [4.69, 9.17) is 5.73 Å². The van der Waals surface area contributed by atoms with Crippen LogP contribution in [-0.2, 0) is 0 Å². The van der Waals surface area contributed by atoms with Gasteiger partial charge in [0.1, 0.15) is 0 Å². The summed E-state index contributed by atoms with van der Waals surface area (Å²) in [6, 6.07) is 0. The highest BCUT2D eigenvalue weighted by Crippen LogP contribution is 2.35. The Kier molecular flexibility index (Phi) is 2.78. The van der Waals surface area contributed by atoms with Gasteiger partial charge in [-0.15, -0.1) is 11.3 Å². The average Bonchev–Trinajstić information content (AvgIpc) is 2.30. The minimum atomic E-state index is 0.550. The number of thiophene rings is 1. The van der Waals surface area contributed by atoms with Crippen LogP contribution in [0.5, 0.6) is 0 Å². The molecule has 0 saturated carbocycles. The van der Waals surface area contributed by atoms with Gasteiger partial charge in [-0.25, -0.2) is 0 Å². The molecular formula is C10H17NS. The minimum absolute atomic E-state index is 0.550. The molecule has 2 heteroatoms. The van der Waals surface area contributed by atoms with Gasteiger partial charge in [0.05, 0.1) is 5.00 Å². The van der Waals surface area contributed by atoms with Crippen molar-refractivity contribution in [1.82, 2.24) is 0 Å². The number of rotatable bonds is 2. The Labute approximate surface area is 78.6 Å². The van der Waals surface area contributed by atoms with E-state index in [1.165, 1.54) is 11.1 Å². The van der Waals surface area contributed by atoms with Crippen LogP contribution in [0.1, 0.15) is 50.7 Å². The first-order valence-corrected chi connectivity index (χ1v) is 5.28. The number of nitrogen functional groups attached to an aromatic ring is 1. The van der Waals surface area contributed by atoms with Gasteiger partial charge in [-0.1, -0.05) is 27.7 Å². The van der Waals surface area contributed by atoms with E-state index >= 15 is 0 Å². The normalized spacial score (nSPS) is 11.5. The monoisotopic (exact) mass is 183 g/mol. The van der Waals surface area contributed by atoms with Crippen molar-refractivity contribution in [3.63, 3.8) is 0 Å². The molecule has 0 bridgehead atoms. The predicted octanol–water partition coefficient (Wildman–Crippen LogP) is 3.58. The topological polar surface area (TPSA) is 26.0 Å². The summed E-state index contributed by atoms with van der Waals surface area (Å²) in [5.41, 5.74) is 8.68. The van der Waals surface area contributed by atoms with E-state index in [9.17, 15) is 0 Å². The third kappa shape index (κ3) is 1.63. The van der Waals surface area contributed by atoms with Gasteiger partial charge >= 0.3 is 0 Å². The van der Waals surface area contributed by atoms with Crippen LogP contribution < -0.4 is 5.73 Å². The van der Waals surface area contributed by atoms with Crippen molar-refractivity contribution in [3.05, 3.63) is 16.5 Å². The van der Waals surface area contributed by atoms with Crippen molar-refractivity contribution < 1.29 is 0 Å². The summed E-state index contributed by atoms with van der Waals surface area (Å²) in [6.45, 7) is 8.83. The van der Waals surface area contributed by atoms with Gasteiger partial charge in [0.25, 0.3) is 0 Å². The number of hydrogen-bond donors (Lipinski definition) is 1. The second-order valence-electron chi connectivity index (χ2n) is 3.78. The van der Waals surface area contributed by atoms with Gasteiger partial charge < -0.3 is 5.73 Å². The minimum Gasteiger partial charge on any atom is -0.390 e. The van der Waals surface area contributed by atoms with E-state index in [2.05, 4.69) is 33.1 Å². The molecule has 1 aromatic rings. The maximum atomic E-state index is 5.90. The number of anilines is 1. The van der Waals surface area contributed by atoms with Crippen LogP contribution in [0.15, 0.2) is 5.38 Å². The highest BCUT2D eigenvalue weighted by atomic mass is 32.1. The Hall–Kier alpha value is -0.500. The molecule has 1 rings (SSSR count). The molecular weight excluding hydrogens is 166 g/mol. The van der Waals surface area contributed by atoms with E-state index in [1.54, 1.807) is 11.3 Å². The van der Waals surface area contributed by atoms with Crippen LogP contribution >= 0.6 is 11.3 Å². The maximum Gasteiger partial charge on any atom is 0.0894 e. The Bertz CT molecular complexity index is 261. The van der Waals surface area contributed by atoms with Crippen molar-refractivity contribution in [2.45, 2.75) is 39.5 Å². The third-order valence-electron chi connectivity index (χ3n) is 2.09. The second kappa shape index (κ2) is 3.48. The van der Waals surface area contributed by atoms with E-state index < -0.39 is 0 Å². The molecule has 68 valence electrons. The van der Waals surface area contributed by atoms with Gasteiger partial charge in [-0.3, -0.25) is 0 Å². The molecule has 12 heavy (non-hydrogen) atoms. The Balaban J connectivity index is 3.12. The average molecular weight is 183 g/mol. The molecule has 0 fully saturated rings.